The van der Waals surface area contributed by atoms with Gasteiger partial charge in [-0.3, -0.25) is 0 Å². The molecule has 0 saturated carbocycles. The quantitative estimate of drug-likeness (QED) is 0.136. The van der Waals surface area contributed by atoms with E-state index in [9.17, 15) is 0 Å². The van der Waals surface area contributed by atoms with Crippen LogP contribution in [-0.4, -0.2) is 29.9 Å². The molecule has 0 fully saturated rings. The van der Waals surface area contributed by atoms with Crippen molar-refractivity contribution in [3.05, 3.63) is 199 Å². The van der Waals surface area contributed by atoms with Crippen LogP contribution in [0.5, 0.6) is 0 Å². The van der Waals surface area contributed by atoms with E-state index in [0.29, 0.717) is 35.0 Å². The van der Waals surface area contributed by atoms with Crippen LogP contribution in [0.3, 0.4) is 0 Å². The largest absolute Gasteiger partial charge is 0.212 e. The normalized spacial score (nSPS) is 17.1. The fraction of sp³-hybridized carbons (Fsp3) is 0.148. The van der Waals surface area contributed by atoms with Crippen molar-refractivity contribution in [3.63, 3.8) is 0 Å². The van der Waals surface area contributed by atoms with Gasteiger partial charge in [0.15, 0.2) is 29.1 Å². The second kappa shape index (κ2) is 17.0. The van der Waals surface area contributed by atoms with Crippen molar-refractivity contribution in [3.8, 4) is 67.8 Å². The minimum absolute atomic E-state index is 0.0908. The second-order valence-electron chi connectivity index (χ2n) is 15.7. The van der Waals surface area contributed by atoms with E-state index >= 15 is 0 Å². The molecule has 10 rings (SSSR count). The monoisotopic (exact) mass is 776 g/mol. The van der Waals surface area contributed by atoms with Crippen LogP contribution in [0.15, 0.2) is 182 Å². The predicted molar refractivity (Wildman–Crippen MR) is 244 cm³/mol. The summed E-state index contributed by atoms with van der Waals surface area (Å²) in [5, 5.41) is 0. The Labute approximate surface area is 351 Å². The number of aromatic nitrogens is 6. The highest BCUT2D eigenvalue weighted by Crippen LogP contribution is 2.38. The molecule has 3 aliphatic rings. The van der Waals surface area contributed by atoms with Gasteiger partial charge in [0, 0.05) is 33.7 Å². The number of rotatable bonds is 9. The number of hydrogen-bond donors (Lipinski definition) is 0. The molecule has 0 saturated heterocycles. The summed E-state index contributed by atoms with van der Waals surface area (Å²) in [6, 6.07) is 44.7. The predicted octanol–water partition coefficient (Wildman–Crippen LogP) is 13.2. The van der Waals surface area contributed by atoms with Crippen LogP contribution in [-0.2, 0) is 0 Å². The van der Waals surface area contributed by atoms with E-state index in [2.05, 4.69) is 146 Å². The molecule has 3 aliphatic carbocycles. The van der Waals surface area contributed by atoms with Crippen molar-refractivity contribution in [1.82, 2.24) is 29.9 Å². The fourth-order valence-electron chi connectivity index (χ4n) is 8.30. The highest BCUT2D eigenvalue weighted by atomic mass is 15.0. The maximum absolute atomic E-state index is 5.19. The molecule has 6 nitrogen and oxygen atoms in total. The lowest BCUT2D eigenvalue weighted by molar-refractivity contribution is 0.617. The Balaban J connectivity index is 1.05. The molecule has 7 aromatic rings. The highest BCUT2D eigenvalue weighted by molar-refractivity contribution is 5.79. The van der Waals surface area contributed by atoms with Gasteiger partial charge in [0.1, 0.15) is 5.82 Å². The second-order valence-corrected chi connectivity index (χ2v) is 15.7. The zero-order valence-electron chi connectivity index (χ0n) is 33.4. The van der Waals surface area contributed by atoms with Crippen molar-refractivity contribution in [2.45, 2.75) is 50.4 Å². The first-order valence-electron chi connectivity index (χ1n) is 21.1. The third-order valence-corrected chi connectivity index (χ3v) is 11.5. The molecule has 2 aromatic heterocycles. The first kappa shape index (κ1) is 37.1. The van der Waals surface area contributed by atoms with Gasteiger partial charge in [-0.05, 0) is 96.5 Å². The Morgan fingerprint density at radius 2 is 0.983 bits per heavy atom. The van der Waals surface area contributed by atoms with E-state index < -0.39 is 0 Å². The SMILES string of the molecule is C1=CCC(c2nc(-c3ccccc3)nc(-c3cc(-c4cccc(-c5cccc(-c6nc(C7=CCCC=C7)nc(-c7ccccc7)n6)c5)c4)cc(C4CC=CCC4)c3)n2)C=C1. The van der Waals surface area contributed by atoms with Gasteiger partial charge in [0.05, 0.1) is 0 Å². The third kappa shape index (κ3) is 8.10. The summed E-state index contributed by atoms with van der Waals surface area (Å²) in [5.74, 6) is 4.71. The Morgan fingerprint density at radius 1 is 0.400 bits per heavy atom. The van der Waals surface area contributed by atoms with Crippen LogP contribution >= 0.6 is 0 Å². The minimum Gasteiger partial charge on any atom is -0.212 e. The molecular weight excluding hydrogens is 733 g/mol. The molecule has 60 heavy (non-hydrogen) atoms. The van der Waals surface area contributed by atoms with Gasteiger partial charge < -0.3 is 0 Å². The zero-order valence-corrected chi connectivity index (χ0v) is 33.4. The maximum atomic E-state index is 5.19. The van der Waals surface area contributed by atoms with Gasteiger partial charge >= 0.3 is 0 Å². The maximum Gasteiger partial charge on any atom is 0.164 e. The van der Waals surface area contributed by atoms with Crippen LogP contribution < -0.4 is 0 Å². The van der Waals surface area contributed by atoms with E-state index in [1.54, 1.807) is 0 Å². The topological polar surface area (TPSA) is 77.3 Å². The van der Waals surface area contributed by atoms with Gasteiger partial charge in [0.25, 0.3) is 0 Å². The van der Waals surface area contributed by atoms with Gasteiger partial charge in [-0.15, -0.1) is 0 Å². The molecule has 6 heteroatoms. The molecule has 2 unspecified atom stereocenters. The van der Waals surface area contributed by atoms with E-state index in [0.717, 1.165) is 94.4 Å². The van der Waals surface area contributed by atoms with E-state index in [1.165, 1.54) is 5.56 Å². The van der Waals surface area contributed by atoms with Gasteiger partial charge in [-0.1, -0.05) is 158 Å². The third-order valence-electron chi connectivity index (χ3n) is 11.5. The molecule has 0 spiro atoms. The van der Waals surface area contributed by atoms with Gasteiger partial charge in [-0.25, -0.2) is 29.9 Å². The fourth-order valence-corrected chi connectivity index (χ4v) is 8.30. The van der Waals surface area contributed by atoms with Crippen molar-refractivity contribution < 1.29 is 0 Å². The van der Waals surface area contributed by atoms with Crippen LogP contribution in [0.25, 0.3) is 73.4 Å². The van der Waals surface area contributed by atoms with Crippen LogP contribution in [0.4, 0.5) is 0 Å². The molecule has 5 aromatic carbocycles. The number of benzene rings is 5. The van der Waals surface area contributed by atoms with E-state index in [-0.39, 0.29) is 5.92 Å². The summed E-state index contributed by atoms with van der Waals surface area (Å²) < 4.78 is 0. The summed E-state index contributed by atoms with van der Waals surface area (Å²) in [7, 11) is 0. The van der Waals surface area contributed by atoms with Gasteiger partial charge in [-0.2, -0.15) is 0 Å². The number of nitrogens with zero attached hydrogens (tertiary/aromatic N) is 6. The molecule has 0 bridgehead atoms. The summed E-state index contributed by atoms with van der Waals surface area (Å²) in [6.07, 6.45) is 25.8. The number of hydrogen-bond acceptors (Lipinski definition) is 6. The lowest BCUT2D eigenvalue weighted by atomic mass is 9.85. The summed E-state index contributed by atoms with van der Waals surface area (Å²) >= 11 is 0. The molecule has 0 N–H and O–H groups in total. The molecular formula is C54H44N6. The summed E-state index contributed by atoms with van der Waals surface area (Å²) in [5.41, 5.74) is 10.7. The van der Waals surface area contributed by atoms with E-state index in [4.69, 9.17) is 29.9 Å². The molecule has 2 heterocycles. The lowest BCUT2D eigenvalue weighted by Gasteiger charge is -2.21. The van der Waals surface area contributed by atoms with Crippen molar-refractivity contribution in [2.75, 3.05) is 0 Å². The average molecular weight is 777 g/mol. The van der Waals surface area contributed by atoms with Crippen molar-refractivity contribution in [2.24, 2.45) is 0 Å². The Morgan fingerprint density at radius 3 is 1.63 bits per heavy atom. The Kier molecular flexibility index (Phi) is 10.5. The first-order chi connectivity index (χ1) is 29.7. The highest BCUT2D eigenvalue weighted by Gasteiger charge is 2.21. The van der Waals surface area contributed by atoms with Crippen LogP contribution in [0, 0.1) is 0 Å². The van der Waals surface area contributed by atoms with Crippen molar-refractivity contribution in [1.29, 1.82) is 0 Å². The van der Waals surface area contributed by atoms with Gasteiger partial charge in [0.2, 0.25) is 0 Å². The molecule has 2 atom stereocenters. The summed E-state index contributed by atoms with van der Waals surface area (Å²) in [4.78, 5) is 30.4. The van der Waals surface area contributed by atoms with E-state index in [1.807, 2.05) is 36.4 Å². The average Bonchev–Trinajstić information content (AvgIpc) is 3.35. The molecule has 0 amide bonds. The molecule has 290 valence electrons. The Hall–Kier alpha value is -7.18. The first-order valence-corrected chi connectivity index (χ1v) is 21.1. The standard InChI is InChI=1S/C54H44N6/c1-6-18-37(19-7-1)46-34-47(36-48(35-46)54-59-51(40-24-12-4-13-25-40)56-52(60-54)41-26-14-5-15-27-41)44-30-16-28-42(32-44)43-29-17-31-45(33-43)53-57-49(38-20-8-2-9-21-38)55-50(58-53)39-22-10-3-11-23-39/h1-2,4-6,8-10,12-17,20-26,28-37,41H,3,7,11,18-19,27H2. The Bertz CT molecular complexity index is 2830. The van der Waals surface area contributed by atoms with Crippen LogP contribution in [0.1, 0.15) is 67.6 Å². The van der Waals surface area contributed by atoms with Crippen molar-refractivity contribution >= 4 is 5.57 Å². The molecule has 0 radical (unpaired) electrons. The molecule has 0 aliphatic heterocycles. The number of allylic oxidation sites excluding steroid dienone is 10. The minimum atomic E-state index is 0.0908. The summed E-state index contributed by atoms with van der Waals surface area (Å²) in [6.45, 7) is 0. The lowest BCUT2D eigenvalue weighted by Crippen LogP contribution is -2.08. The zero-order chi connectivity index (χ0) is 40.1. The smallest absolute Gasteiger partial charge is 0.164 e. The van der Waals surface area contributed by atoms with Crippen LogP contribution in [0.2, 0.25) is 0 Å².